The molecule has 1 aliphatic rings. The van der Waals surface area contributed by atoms with E-state index in [0.717, 1.165) is 35.1 Å². The molecule has 0 bridgehead atoms. The van der Waals surface area contributed by atoms with Crippen LogP contribution in [0, 0.1) is 0 Å². The second kappa shape index (κ2) is 10.4. The van der Waals surface area contributed by atoms with Crippen LogP contribution >= 0.6 is 11.8 Å². The van der Waals surface area contributed by atoms with Gasteiger partial charge in [-0.25, -0.2) is 8.42 Å². The van der Waals surface area contributed by atoms with Crippen molar-refractivity contribution in [2.75, 3.05) is 24.6 Å². The average molecular weight is 425 g/mol. The van der Waals surface area contributed by atoms with Gasteiger partial charge in [-0.1, -0.05) is 50.1 Å². The van der Waals surface area contributed by atoms with E-state index in [-0.39, 0.29) is 18.8 Å². The fourth-order valence-corrected chi connectivity index (χ4v) is 4.75. The Morgan fingerprint density at radius 3 is 2.57 bits per heavy atom. The Bertz CT molecular complexity index is 850. The zero-order chi connectivity index (χ0) is 20.6. The summed E-state index contributed by atoms with van der Waals surface area (Å²) >= 11 is 0.847. The molecule has 0 atom stereocenters. The van der Waals surface area contributed by atoms with Crippen LogP contribution in [0.1, 0.15) is 31.7 Å². The maximum atomic E-state index is 12.4. The normalized spacial score (nSPS) is 16.0. The summed E-state index contributed by atoms with van der Waals surface area (Å²) in [5.74, 6) is -1.63. The molecule has 0 spiro atoms. The topological polar surface area (TPSA) is 101 Å². The van der Waals surface area contributed by atoms with Gasteiger partial charge in [0.1, 0.15) is 5.75 Å². The van der Waals surface area contributed by atoms with Crippen LogP contribution in [0.15, 0.2) is 35.2 Å². The smallest absolute Gasteiger partial charge is 0.293 e. The summed E-state index contributed by atoms with van der Waals surface area (Å²) in [6.45, 7) is 1.98. The SMILES string of the molecule is CCCCCS(=O)(=O)CC(=O)NCCN1C(=O)S/C(=C/c2ccccc2)C1=O. The number of carbonyl (C=O) groups excluding carboxylic acids is 3. The van der Waals surface area contributed by atoms with E-state index in [9.17, 15) is 22.8 Å². The molecule has 1 aromatic rings. The molecule has 1 N–H and O–H groups in total. The van der Waals surface area contributed by atoms with Crippen molar-refractivity contribution in [1.82, 2.24) is 10.2 Å². The van der Waals surface area contributed by atoms with Crippen molar-refractivity contribution >= 4 is 44.7 Å². The first-order valence-electron chi connectivity index (χ1n) is 9.10. The Morgan fingerprint density at radius 2 is 1.89 bits per heavy atom. The summed E-state index contributed by atoms with van der Waals surface area (Å²) < 4.78 is 23.7. The average Bonchev–Trinajstić information content (AvgIpc) is 2.89. The molecule has 7 nitrogen and oxygen atoms in total. The molecule has 1 aromatic carbocycles. The minimum Gasteiger partial charge on any atom is -0.353 e. The molecule has 9 heteroatoms. The van der Waals surface area contributed by atoms with Crippen LogP contribution in [-0.2, 0) is 19.4 Å². The number of unbranched alkanes of at least 4 members (excludes halogenated alkanes) is 2. The number of nitrogens with one attached hydrogen (secondary N) is 1. The van der Waals surface area contributed by atoms with Crippen LogP contribution in [0.25, 0.3) is 6.08 Å². The lowest BCUT2D eigenvalue weighted by Crippen LogP contribution is -2.39. The number of imide groups is 1. The predicted molar refractivity (Wildman–Crippen MR) is 110 cm³/mol. The molecular weight excluding hydrogens is 400 g/mol. The third-order valence-electron chi connectivity index (χ3n) is 4.04. The Morgan fingerprint density at radius 1 is 1.18 bits per heavy atom. The molecule has 1 aliphatic heterocycles. The van der Waals surface area contributed by atoms with Gasteiger partial charge in [-0.15, -0.1) is 0 Å². The number of benzene rings is 1. The highest BCUT2D eigenvalue weighted by Crippen LogP contribution is 2.31. The number of carbonyl (C=O) groups is 3. The number of thioether (sulfide) groups is 1. The first-order chi connectivity index (χ1) is 13.3. The molecule has 3 amide bonds. The Kier molecular flexibility index (Phi) is 8.25. The Balaban J connectivity index is 1.82. The lowest BCUT2D eigenvalue weighted by atomic mass is 10.2. The molecule has 1 saturated heterocycles. The summed E-state index contributed by atoms with van der Waals surface area (Å²) in [6, 6.07) is 9.18. The lowest BCUT2D eigenvalue weighted by molar-refractivity contribution is -0.123. The van der Waals surface area contributed by atoms with Gasteiger partial charge in [0.25, 0.3) is 11.1 Å². The molecule has 0 radical (unpaired) electrons. The second-order valence-electron chi connectivity index (χ2n) is 6.39. The third-order valence-corrected chi connectivity index (χ3v) is 6.56. The van der Waals surface area contributed by atoms with E-state index in [2.05, 4.69) is 5.32 Å². The third kappa shape index (κ3) is 6.79. The maximum Gasteiger partial charge on any atom is 0.293 e. The van der Waals surface area contributed by atoms with Gasteiger partial charge >= 0.3 is 0 Å². The van der Waals surface area contributed by atoms with Gasteiger partial charge in [-0.05, 0) is 29.8 Å². The minimum atomic E-state index is -3.44. The van der Waals surface area contributed by atoms with Gasteiger partial charge < -0.3 is 5.32 Å². The largest absolute Gasteiger partial charge is 0.353 e. The number of nitrogens with zero attached hydrogens (tertiary/aromatic N) is 1. The van der Waals surface area contributed by atoms with Crippen LogP contribution in [0.3, 0.4) is 0 Å². The highest BCUT2D eigenvalue weighted by atomic mass is 32.2. The van der Waals surface area contributed by atoms with Gasteiger partial charge in [0.15, 0.2) is 9.84 Å². The molecule has 1 fully saturated rings. The lowest BCUT2D eigenvalue weighted by Gasteiger charge is -2.13. The number of rotatable bonds is 10. The quantitative estimate of drug-likeness (QED) is 0.457. The van der Waals surface area contributed by atoms with E-state index in [1.165, 1.54) is 0 Å². The number of sulfone groups is 1. The van der Waals surface area contributed by atoms with Gasteiger partial charge in [-0.3, -0.25) is 19.3 Å². The molecule has 0 saturated carbocycles. The van der Waals surface area contributed by atoms with E-state index in [1.54, 1.807) is 6.08 Å². The zero-order valence-electron chi connectivity index (χ0n) is 15.7. The van der Waals surface area contributed by atoms with Crippen LogP contribution < -0.4 is 5.32 Å². The van der Waals surface area contributed by atoms with Crippen molar-refractivity contribution in [2.24, 2.45) is 0 Å². The summed E-state index contributed by atoms with van der Waals surface area (Å²) in [5, 5.41) is 2.06. The first-order valence-corrected chi connectivity index (χ1v) is 11.7. The van der Waals surface area contributed by atoms with E-state index in [0.29, 0.717) is 11.3 Å². The summed E-state index contributed by atoms with van der Waals surface area (Å²) in [4.78, 5) is 37.6. The highest BCUT2D eigenvalue weighted by molar-refractivity contribution is 8.18. The first kappa shape index (κ1) is 22.2. The molecule has 1 heterocycles. The summed E-state index contributed by atoms with van der Waals surface area (Å²) in [6.07, 6.45) is 3.89. The predicted octanol–water partition coefficient (Wildman–Crippen LogP) is 2.44. The highest BCUT2D eigenvalue weighted by Gasteiger charge is 2.34. The van der Waals surface area contributed by atoms with Crippen molar-refractivity contribution in [2.45, 2.75) is 26.2 Å². The zero-order valence-corrected chi connectivity index (χ0v) is 17.4. The van der Waals surface area contributed by atoms with Crippen LogP contribution in [0.5, 0.6) is 0 Å². The Labute approximate surface area is 169 Å². The monoisotopic (exact) mass is 424 g/mol. The summed E-state index contributed by atoms with van der Waals surface area (Å²) in [5.41, 5.74) is 0.814. The molecule has 152 valence electrons. The van der Waals surface area contributed by atoms with Gasteiger partial charge in [0, 0.05) is 13.1 Å². The fraction of sp³-hybridized carbons (Fsp3) is 0.421. The molecule has 2 rings (SSSR count). The number of amides is 3. The number of hydrogen-bond donors (Lipinski definition) is 1. The van der Waals surface area contributed by atoms with Gasteiger partial charge in [-0.2, -0.15) is 0 Å². The van der Waals surface area contributed by atoms with Gasteiger partial charge in [0.05, 0.1) is 10.7 Å². The van der Waals surface area contributed by atoms with Crippen molar-refractivity contribution in [3.63, 3.8) is 0 Å². The van der Waals surface area contributed by atoms with Gasteiger partial charge in [0.2, 0.25) is 5.91 Å². The maximum absolute atomic E-state index is 12.4. The molecular formula is C19H24N2O5S2. The molecule has 0 aliphatic carbocycles. The van der Waals surface area contributed by atoms with Crippen molar-refractivity contribution < 1.29 is 22.8 Å². The van der Waals surface area contributed by atoms with E-state index in [1.807, 2.05) is 37.3 Å². The summed E-state index contributed by atoms with van der Waals surface area (Å²) in [7, 11) is -3.44. The number of hydrogen-bond acceptors (Lipinski definition) is 6. The molecule has 28 heavy (non-hydrogen) atoms. The standard InChI is InChI=1S/C19H24N2O5S2/c1-2-3-7-12-28(25,26)14-17(22)20-10-11-21-18(23)16(27-19(21)24)13-15-8-5-4-6-9-15/h4-6,8-9,13H,2-3,7,10-12,14H2,1H3,(H,20,22)/b16-13+. The second-order valence-corrected chi connectivity index (χ2v) is 9.57. The van der Waals surface area contributed by atoms with Crippen molar-refractivity contribution in [1.29, 1.82) is 0 Å². The van der Waals surface area contributed by atoms with Crippen molar-refractivity contribution in [3.8, 4) is 0 Å². The van der Waals surface area contributed by atoms with E-state index >= 15 is 0 Å². The fourth-order valence-electron chi connectivity index (χ4n) is 2.60. The van der Waals surface area contributed by atoms with Crippen LogP contribution in [0.4, 0.5) is 4.79 Å². The van der Waals surface area contributed by atoms with E-state index < -0.39 is 32.6 Å². The molecule has 0 aromatic heterocycles. The van der Waals surface area contributed by atoms with Crippen LogP contribution in [0.2, 0.25) is 0 Å². The minimum absolute atomic E-state index is 0.00157. The molecule has 0 unspecified atom stereocenters. The van der Waals surface area contributed by atoms with Crippen LogP contribution in [-0.4, -0.2) is 55.0 Å². The van der Waals surface area contributed by atoms with Crippen molar-refractivity contribution in [3.05, 3.63) is 40.8 Å². The Hall–Kier alpha value is -2.13. The van der Waals surface area contributed by atoms with E-state index in [4.69, 9.17) is 0 Å².